The standard InChI is InChI=1S/C15H22N4O3S.ClH/c1-10(16)7-8-17-14(20)9-11(2)18-15-12-5-3-4-6-13(12)23(21,22)19-15;/h3-6,10-11H,7-9,16H2,1-2H3,(H,17,20)(H,18,19);1H. The molecule has 4 N–H and O–H groups in total. The Hall–Kier alpha value is -1.64. The number of carbonyl (C=O) groups excluding carboxylic acids is 1. The molecule has 0 bridgehead atoms. The molecule has 0 saturated heterocycles. The van der Waals surface area contributed by atoms with Crippen LogP contribution in [-0.4, -0.2) is 38.8 Å². The molecule has 7 nitrogen and oxygen atoms in total. The first-order valence-electron chi connectivity index (χ1n) is 7.52. The second-order valence-electron chi connectivity index (χ2n) is 5.75. The summed E-state index contributed by atoms with van der Waals surface area (Å²) in [6.45, 7) is 4.17. The highest BCUT2D eigenvalue weighted by molar-refractivity contribution is 7.90. The van der Waals surface area contributed by atoms with Crippen molar-refractivity contribution in [2.24, 2.45) is 10.7 Å². The van der Waals surface area contributed by atoms with Gasteiger partial charge in [-0.25, -0.2) is 8.42 Å². The largest absolute Gasteiger partial charge is 0.356 e. The monoisotopic (exact) mass is 374 g/mol. The van der Waals surface area contributed by atoms with Gasteiger partial charge in [0, 0.05) is 24.6 Å². The van der Waals surface area contributed by atoms with E-state index in [1.54, 1.807) is 25.1 Å². The van der Waals surface area contributed by atoms with Crippen LogP contribution in [0.4, 0.5) is 0 Å². The molecular weight excluding hydrogens is 352 g/mol. The molecule has 1 aliphatic rings. The van der Waals surface area contributed by atoms with Crippen LogP contribution in [0.3, 0.4) is 0 Å². The Morgan fingerprint density at radius 3 is 2.67 bits per heavy atom. The lowest BCUT2D eigenvalue weighted by Gasteiger charge is -2.10. The summed E-state index contributed by atoms with van der Waals surface area (Å²) in [4.78, 5) is 16.4. The van der Waals surface area contributed by atoms with Gasteiger partial charge in [0.05, 0.1) is 10.9 Å². The van der Waals surface area contributed by atoms with E-state index in [0.717, 1.165) is 0 Å². The van der Waals surface area contributed by atoms with Crippen LogP contribution >= 0.6 is 12.4 Å². The van der Waals surface area contributed by atoms with Crippen LogP contribution in [0.25, 0.3) is 0 Å². The number of nitrogens with zero attached hydrogens (tertiary/aromatic N) is 1. The van der Waals surface area contributed by atoms with Crippen molar-refractivity contribution >= 4 is 34.2 Å². The van der Waals surface area contributed by atoms with Crippen molar-refractivity contribution in [2.75, 3.05) is 6.54 Å². The molecule has 0 aliphatic carbocycles. The van der Waals surface area contributed by atoms with Crippen LogP contribution in [0.5, 0.6) is 0 Å². The van der Waals surface area contributed by atoms with Gasteiger partial charge >= 0.3 is 0 Å². The molecule has 0 radical (unpaired) electrons. The molecule has 24 heavy (non-hydrogen) atoms. The van der Waals surface area contributed by atoms with E-state index < -0.39 is 10.0 Å². The van der Waals surface area contributed by atoms with E-state index in [0.29, 0.717) is 18.5 Å². The molecule has 0 spiro atoms. The zero-order valence-electron chi connectivity index (χ0n) is 13.7. The van der Waals surface area contributed by atoms with Gasteiger partial charge in [-0.3, -0.25) is 14.5 Å². The van der Waals surface area contributed by atoms with Crippen LogP contribution < -0.4 is 15.8 Å². The van der Waals surface area contributed by atoms with Crippen LogP contribution in [0, 0.1) is 0 Å². The minimum Gasteiger partial charge on any atom is -0.356 e. The fourth-order valence-corrected chi connectivity index (χ4v) is 3.51. The maximum atomic E-state index is 12.0. The summed E-state index contributed by atoms with van der Waals surface area (Å²) in [5, 5.41) is 2.78. The Bertz CT molecular complexity index is 719. The quantitative estimate of drug-likeness (QED) is 0.682. The molecule has 1 heterocycles. The third-order valence-electron chi connectivity index (χ3n) is 3.41. The third-order valence-corrected chi connectivity index (χ3v) is 4.81. The predicted molar refractivity (Wildman–Crippen MR) is 95.9 cm³/mol. The molecule has 2 unspecified atom stereocenters. The van der Waals surface area contributed by atoms with E-state index in [1.807, 2.05) is 6.92 Å². The fourth-order valence-electron chi connectivity index (χ4n) is 2.28. The van der Waals surface area contributed by atoms with Crippen LogP contribution in [0.1, 0.15) is 32.3 Å². The zero-order chi connectivity index (χ0) is 17.0. The molecule has 0 fully saturated rings. The minimum absolute atomic E-state index is 0. The highest BCUT2D eigenvalue weighted by Crippen LogP contribution is 2.22. The summed E-state index contributed by atoms with van der Waals surface area (Å²) in [5.41, 5.74) is 6.16. The molecule has 2 rings (SSSR count). The molecule has 9 heteroatoms. The number of rotatable bonds is 6. The first-order valence-corrected chi connectivity index (χ1v) is 9.00. The van der Waals surface area contributed by atoms with Crippen LogP contribution in [-0.2, 0) is 14.8 Å². The van der Waals surface area contributed by atoms with E-state index >= 15 is 0 Å². The van der Waals surface area contributed by atoms with Crippen molar-refractivity contribution in [1.82, 2.24) is 10.0 Å². The van der Waals surface area contributed by atoms with Crippen molar-refractivity contribution in [3.05, 3.63) is 29.8 Å². The van der Waals surface area contributed by atoms with E-state index in [2.05, 4.69) is 15.0 Å². The average Bonchev–Trinajstić information content (AvgIpc) is 2.70. The van der Waals surface area contributed by atoms with Gasteiger partial charge in [-0.2, -0.15) is 0 Å². The van der Waals surface area contributed by atoms with Gasteiger partial charge in [0.15, 0.2) is 0 Å². The Balaban J connectivity index is 0.00000288. The van der Waals surface area contributed by atoms with E-state index in [1.165, 1.54) is 6.07 Å². The molecular formula is C15H23ClN4O3S. The topological polar surface area (TPSA) is 114 Å². The Morgan fingerprint density at radius 1 is 1.33 bits per heavy atom. The minimum atomic E-state index is -3.55. The maximum absolute atomic E-state index is 12.0. The first kappa shape index (κ1) is 20.4. The molecule has 1 aromatic carbocycles. The lowest BCUT2D eigenvalue weighted by Crippen LogP contribution is -2.31. The number of nitrogens with one attached hydrogen (secondary N) is 2. The van der Waals surface area contributed by atoms with Crippen molar-refractivity contribution in [3.8, 4) is 0 Å². The maximum Gasteiger partial charge on any atom is 0.263 e. The predicted octanol–water partition coefficient (Wildman–Crippen LogP) is 0.779. The van der Waals surface area contributed by atoms with E-state index in [9.17, 15) is 13.2 Å². The number of amidine groups is 1. The summed E-state index contributed by atoms with van der Waals surface area (Å²) in [5.74, 6) is 0.160. The zero-order valence-corrected chi connectivity index (χ0v) is 15.3. The first-order chi connectivity index (χ1) is 10.8. The summed E-state index contributed by atoms with van der Waals surface area (Å²) < 4.78 is 26.4. The number of amides is 1. The summed E-state index contributed by atoms with van der Waals surface area (Å²) in [7, 11) is -3.55. The summed E-state index contributed by atoms with van der Waals surface area (Å²) in [6, 6.07) is 6.34. The molecule has 0 aromatic heterocycles. The van der Waals surface area contributed by atoms with Crippen LogP contribution in [0.2, 0.25) is 0 Å². The van der Waals surface area contributed by atoms with Crippen molar-refractivity contribution in [1.29, 1.82) is 0 Å². The number of fused-ring (bicyclic) bond motifs is 1. The summed E-state index contributed by atoms with van der Waals surface area (Å²) in [6.07, 6.45) is 0.897. The highest BCUT2D eigenvalue weighted by Gasteiger charge is 2.30. The smallest absolute Gasteiger partial charge is 0.263 e. The second kappa shape index (κ2) is 8.46. The number of halogens is 1. The fraction of sp³-hybridized carbons (Fsp3) is 0.467. The third kappa shape index (κ3) is 5.19. The van der Waals surface area contributed by atoms with Gasteiger partial charge < -0.3 is 11.1 Å². The van der Waals surface area contributed by atoms with Gasteiger partial charge in [0.25, 0.3) is 10.0 Å². The summed E-state index contributed by atoms with van der Waals surface area (Å²) >= 11 is 0. The van der Waals surface area contributed by atoms with Crippen LogP contribution in [0.15, 0.2) is 34.2 Å². The van der Waals surface area contributed by atoms with Crippen molar-refractivity contribution in [2.45, 2.75) is 43.7 Å². The lowest BCUT2D eigenvalue weighted by atomic mass is 10.2. The number of hydrogen-bond acceptors (Lipinski definition) is 5. The SMILES string of the molecule is CC(N)CCNC(=O)CC(C)N=C1NS(=O)(=O)c2ccccc21.Cl. The van der Waals surface area contributed by atoms with Gasteiger partial charge in [0.1, 0.15) is 5.84 Å². The Morgan fingerprint density at radius 2 is 2.00 bits per heavy atom. The van der Waals surface area contributed by atoms with Gasteiger partial charge in [-0.1, -0.05) is 12.1 Å². The van der Waals surface area contributed by atoms with E-state index in [-0.39, 0.29) is 47.5 Å². The molecule has 1 aromatic rings. The van der Waals surface area contributed by atoms with Gasteiger partial charge in [-0.05, 0) is 32.4 Å². The number of aliphatic imine (C=N–C) groups is 1. The Kier molecular flexibility index (Phi) is 7.19. The molecule has 134 valence electrons. The molecule has 1 amide bonds. The van der Waals surface area contributed by atoms with Crippen molar-refractivity contribution in [3.63, 3.8) is 0 Å². The second-order valence-corrected chi connectivity index (χ2v) is 7.40. The molecule has 1 aliphatic heterocycles. The van der Waals surface area contributed by atoms with Gasteiger partial charge in [0.2, 0.25) is 5.91 Å². The van der Waals surface area contributed by atoms with E-state index in [4.69, 9.17) is 5.73 Å². The van der Waals surface area contributed by atoms with Gasteiger partial charge in [-0.15, -0.1) is 12.4 Å². The lowest BCUT2D eigenvalue weighted by molar-refractivity contribution is -0.121. The number of hydrogen-bond donors (Lipinski definition) is 3. The highest BCUT2D eigenvalue weighted by atomic mass is 35.5. The molecule has 2 atom stereocenters. The number of carbonyl (C=O) groups is 1. The number of nitrogens with two attached hydrogens (primary N) is 1. The number of sulfonamides is 1. The Labute approximate surface area is 148 Å². The van der Waals surface area contributed by atoms with Crippen molar-refractivity contribution < 1.29 is 13.2 Å². The molecule has 0 saturated carbocycles. The average molecular weight is 375 g/mol. The number of benzene rings is 1. The normalized spacial score (nSPS) is 18.9.